The molecule has 0 fully saturated rings. The Balaban J connectivity index is 1.24. The molecule has 180 valence electrons. The molecule has 3 aromatic rings. The van der Waals surface area contributed by atoms with Crippen molar-refractivity contribution in [3.8, 4) is 11.1 Å². The van der Waals surface area contributed by atoms with E-state index in [1.165, 1.54) is 0 Å². The molecule has 0 radical (unpaired) electrons. The van der Waals surface area contributed by atoms with E-state index in [1.807, 2.05) is 42.5 Å². The van der Waals surface area contributed by atoms with E-state index in [9.17, 15) is 19.5 Å². The maximum absolute atomic E-state index is 12.5. The van der Waals surface area contributed by atoms with Gasteiger partial charge < -0.3 is 9.84 Å². The smallest absolute Gasteiger partial charge is 0.307 e. The molecule has 5 nitrogen and oxygen atoms in total. The van der Waals surface area contributed by atoms with Crippen molar-refractivity contribution in [1.29, 1.82) is 0 Å². The van der Waals surface area contributed by atoms with E-state index < -0.39 is 17.9 Å². The SMILES string of the molecule is O=C(CC(CCCCCC(=O)c1ccccc1)C(=O)O)OCC1c2ccccc2-c2ccccc21. The Labute approximate surface area is 205 Å². The second-order valence-electron chi connectivity index (χ2n) is 9.04. The lowest BCUT2D eigenvalue weighted by atomic mass is 9.96. The van der Waals surface area contributed by atoms with E-state index in [0.29, 0.717) is 31.2 Å². The first-order valence-corrected chi connectivity index (χ1v) is 12.2. The molecule has 0 bridgehead atoms. The van der Waals surface area contributed by atoms with Gasteiger partial charge in [-0.25, -0.2) is 0 Å². The van der Waals surface area contributed by atoms with Gasteiger partial charge >= 0.3 is 11.9 Å². The quantitative estimate of drug-likeness (QED) is 0.192. The van der Waals surface area contributed by atoms with Crippen LogP contribution in [-0.4, -0.2) is 29.4 Å². The number of carboxylic acid groups (broad SMARTS) is 1. The highest BCUT2D eigenvalue weighted by Gasteiger charge is 2.30. The fraction of sp³-hybridized carbons (Fsp3) is 0.300. The van der Waals surface area contributed by atoms with Crippen LogP contribution < -0.4 is 0 Å². The van der Waals surface area contributed by atoms with Crippen LogP contribution in [0.25, 0.3) is 11.1 Å². The minimum Gasteiger partial charge on any atom is -0.481 e. The molecule has 0 amide bonds. The lowest BCUT2D eigenvalue weighted by Gasteiger charge is -2.16. The van der Waals surface area contributed by atoms with Crippen molar-refractivity contribution in [2.75, 3.05) is 6.61 Å². The summed E-state index contributed by atoms with van der Waals surface area (Å²) in [5, 5.41) is 9.59. The van der Waals surface area contributed by atoms with Crippen molar-refractivity contribution in [1.82, 2.24) is 0 Å². The third-order valence-corrected chi connectivity index (χ3v) is 6.69. The van der Waals surface area contributed by atoms with Gasteiger partial charge in [0.05, 0.1) is 12.3 Å². The number of hydrogen-bond donors (Lipinski definition) is 1. The topological polar surface area (TPSA) is 80.7 Å². The van der Waals surface area contributed by atoms with Gasteiger partial charge in [0.15, 0.2) is 5.78 Å². The first-order chi connectivity index (χ1) is 17.0. The Bertz CT molecular complexity index is 1140. The molecule has 1 N–H and O–H groups in total. The number of benzene rings is 3. The molecule has 4 rings (SSSR count). The summed E-state index contributed by atoms with van der Waals surface area (Å²) in [5.41, 5.74) is 5.26. The van der Waals surface area contributed by atoms with Crippen molar-refractivity contribution in [3.05, 3.63) is 95.6 Å². The standard InChI is InChI=1S/C30H30O5/c31-28(21-11-3-1-4-12-21)18-6-2-5-13-22(30(33)34)19-29(32)35-20-27-25-16-9-7-14-23(25)24-15-8-10-17-26(24)27/h1,3-4,7-12,14-17,22,27H,2,5-6,13,18-20H2,(H,33,34). The lowest BCUT2D eigenvalue weighted by molar-refractivity contribution is -0.152. The van der Waals surface area contributed by atoms with E-state index in [0.717, 1.165) is 28.7 Å². The number of unbranched alkanes of at least 4 members (excludes halogenated alkanes) is 2. The number of hydrogen-bond acceptors (Lipinski definition) is 4. The van der Waals surface area contributed by atoms with E-state index >= 15 is 0 Å². The number of esters is 1. The van der Waals surface area contributed by atoms with Gasteiger partial charge in [-0.2, -0.15) is 0 Å². The van der Waals surface area contributed by atoms with Gasteiger partial charge in [-0.1, -0.05) is 91.7 Å². The van der Waals surface area contributed by atoms with Crippen LogP contribution in [0.2, 0.25) is 0 Å². The number of ether oxygens (including phenoxy) is 1. The summed E-state index contributed by atoms with van der Waals surface area (Å²) in [4.78, 5) is 36.4. The molecule has 0 saturated heterocycles. The Morgan fingerprint density at radius 3 is 2.00 bits per heavy atom. The molecule has 1 atom stereocenters. The van der Waals surface area contributed by atoms with Crippen molar-refractivity contribution < 1.29 is 24.2 Å². The number of ketones is 1. The summed E-state index contributed by atoms with van der Waals surface area (Å²) in [5.74, 6) is -2.20. The van der Waals surface area contributed by atoms with Crippen molar-refractivity contribution in [2.24, 2.45) is 5.92 Å². The minimum atomic E-state index is -0.987. The largest absolute Gasteiger partial charge is 0.481 e. The fourth-order valence-corrected chi connectivity index (χ4v) is 4.81. The minimum absolute atomic E-state index is 0.0446. The Hall–Kier alpha value is -3.73. The molecule has 0 aliphatic heterocycles. The highest BCUT2D eigenvalue weighted by atomic mass is 16.5. The highest BCUT2D eigenvalue weighted by molar-refractivity contribution is 5.95. The van der Waals surface area contributed by atoms with Crippen LogP contribution in [0.5, 0.6) is 0 Å². The normalized spacial score (nSPS) is 13.0. The third-order valence-electron chi connectivity index (χ3n) is 6.69. The number of carbonyl (C=O) groups excluding carboxylic acids is 2. The molecule has 0 heterocycles. The van der Waals surface area contributed by atoms with Gasteiger partial charge in [0.2, 0.25) is 0 Å². The molecule has 35 heavy (non-hydrogen) atoms. The van der Waals surface area contributed by atoms with Crippen molar-refractivity contribution in [3.63, 3.8) is 0 Å². The van der Waals surface area contributed by atoms with Crippen LogP contribution in [0.15, 0.2) is 78.9 Å². The summed E-state index contributed by atoms with van der Waals surface area (Å²) >= 11 is 0. The third kappa shape index (κ3) is 6.04. The number of fused-ring (bicyclic) bond motifs is 3. The van der Waals surface area contributed by atoms with Crippen LogP contribution in [0.3, 0.4) is 0 Å². The zero-order valence-electron chi connectivity index (χ0n) is 19.7. The van der Waals surface area contributed by atoms with Crippen LogP contribution in [0.1, 0.15) is 65.9 Å². The van der Waals surface area contributed by atoms with E-state index in [-0.39, 0.29) is 24.7 Å². The first kappa shape index (κ1) is 24.4. The summed E-state index contributed by atoms with van der Waals surface area (Å²) < 4.78 is 5.58. The highest BCUT2D eigenvalue weighted by Crippen LogP contribution is 2.44. The van der Waals surface area contributed by atoms with Gasteiger partial charge in [-0.3, -0.25) is 14.4 Å². The number of Topliss-reactive ketones (excluding diaryl/α,β-unsaturated/α-hetero) is 1. The molecule has 1 aliphatic carbocycles. The van der Waals surface area contributed by atoms with E-state index in [4.69, 9.17) is 4.74 Å². The van der Waals surface area contributed by atoms with Crippen LogP contribution in [0, 0.1) is 5.92 Å². The van der Waals surface area contributed by atoms with Gasteiger partial charge in [-0.15, -0.1) is 0 Å². The number of rotatable bonds is 12. The molecule has 0 spiro atoms. The van der Waals surface area contributed by atoms with E-state index in [1.54, 1.807) is 12.1 Å². The van der Waals surface area contributed by atoms with Crippen LogP contribution in [0.4, 0.5) is 0 Å². The monoisotopic (exact) mass is 470 g/mol. The predicted molar refractivity (Wildman–Crippen MR) is 134 cm³/mol. The van der Waals surface area contributed by atoms with E-state index in [2.05, 4.69) is 24.3 Å². The molecule has 0 saturated carbocycles. The zero-order chi connectivity index (χ0) is 24.6. The molecule has 3 aromatic carbocycles. The summed E-state index contributed by atoms with van der Waals surface area (Å²) in [6.45, 7) is 0.195. The van der Waals surface area contributed by atoms with Gasteiger partial charge in [-0.05, 0) is 35.1 Å². The van der Waals surface area contributed by atoms with Crippen molar-refractivity contribution >= 4 is 17.7 Å². The van der Waals surface area contributed by atoms with Gasteiger partial charge in [0.25, 0.3) is 0 Å². The Morgan fingerprint density at radius 2 is 1.37 bits per heavy atom. The molecule has 5 heteroatoms. The summed E-state index contributed by atoms with van der Waals surface area (Å²) in [7, 11) is 0. The molecular weight excluding hydrogens is 440 g/mol. The summed E-state index contributed by atoms with van der Waals surface area (Å²) in [6, 6.07) is 25.4. The maximum Gasteiger partial charge on any atom is 0.307 e. The van der Waals surface area contributed by atoms with Crippen LogP contribution >= 0.6 is 0 Å². The fourth-order valence-electron chi connectivity index (χ4n) is 4.81. The maximum atomic E-state index is 12.5. The Kier molecular flexibility index (Phi) is 8.09. The van der Waals surface area contributed by atoms with Gasteiger partial charge in [0.1, 0.15) is 6.61 Å². The lowest BCUT2D eigenvalue weighted by Crippen LogP contribution is -2.21. The second-order valence-corrected chi connectivity index (χ2v) is 9.04. The molecule has 0 aromatic heterocycles. The number of carbonyl (C=O) groups is 3. The number of carboxylic acids is 1. The first-order valence-electron chi connectivity index (χ1n) is 12.2. The molecule has 1 aliphatic rings. The number of aliphatic carboxylic acids is 1. The van der Waals surface area contributed by atoms with Crippen LogP contribution in [-0.2, 0) is 14.3 Å². The average molecular weight is 471 g/mol. The second kappa shape index (κ2) is 11.6. The van der Waals surface area contributed by atoms with Crippen molar-refractivity contribution in [2.45, 2.75) is 44.4 Å². The zero-order valence-corrected chi connectivity index (χ0v) is 19.7. The summed E-state index contributed by atoms with van der Waals surface area (Å²) in [6.07, 6.45) is 2.77. The molecular formula is C30H30O5. The van der Waals surface area contributed by atoms with Gasteiger partial charge in [0, 0.05) is 17.9 Å². The predicted octanol–water partition coefficient (Wildman–Crippen LogP) is 6.27. The Morgan fingerprint density at radius 1 is 0.771 bits per heavy atom. The average Bonchev–Trinajstić information content (AvgIpc) is 3.20. The molecule has 1 unspecified atom stereocenters.